The summed E-state index contributed by atoms with van der Waals surface area (Å²) in [7, 11) is 0. The van der Waals surface area contributed by atoms with Gasteiger partial charge in [0.1, 0.15) is 11.3 Å². The number of unbranched alkanes of at least 4 members (excludes halogenated alkanes) is 1. The van der Waals surface area contributed by atoms with Crippen LogP contribution < -0.4 is 5.73 Å². The summed E-state index contributed by atoms with van der Waals surface area (Å²) in [6.07, 6.45) is 5.06. The molecule has 3 rings (SSSR count). The van der Waals surface area contributed by atoms with Crippen LogP contribution in [0.1, 0.15) is 44.4 Å². The van der Waals surface area contributed by atoms with Crippen LogP contribution in [0.3, 0.4) is 0 Å². The van der Waals surface area contributed by atoms with Gasteiger partial charge in [0.15, 0.2) is 0 Å². The van der Waals surface area contributed by atoms with Crippen LogP contribution in [0.25, 0.3) is 11.0 Å². The fourth-order valence-electron chi connectivity index (χ4n) is 2.92. The van der Waals surface area contributed by atoms with Gasteiger partial charge < -0.3 is 10.2 Å². The Morgan fingerprint density at radius 2 is 2.15 bits per heavy atom. The smallest absolute Gasteiger partial charge is 0.134 e. The van der Waals surface area contributed by atoms with Gasteiger partial charge in [0.2, 0.25) is 0 Å². The van der Waals surface area contributed by atoms with E-state index in [1.165, 1.54) is 31.1 Å². The second kappa shape index (κ2) is 5.98. The van der Waals surface area contributed by atoms with Crippen LogP contribution in [0.15, 0.2) is 34.7 Å². The molecule has 0 amide bonds. The normalized spacial score (nSPS) is 16.9. The molecule has 0 aliphatic heterocycles. The van der Waals surface area contributed by atoms with Gasteiger partial charge >= 0.3 is 0 Å². The number of benzene rings is 1. The second-order valence-electron chi connectivity index (χ2n) is 5.76. The zero-order valence-electron chi connectivity index (χ0n) is 12.2. The first-order valence-corrected chi connectivity index (χ1v) is 7.77. The first-order chi connectivity index (χ1) is 9.83. The summed E-state index contributed by atoms with van der Waals surface area (Å²) in [5.41, 5.74) is 7.03. The van der Waals surface area contributed by atoms with E-state index in [9.17, 15) is 0 Å². The molecule has 1 aromatic heterocycles. The maximum atomic E-state index is 6.06. The van der Waals surface area contributed by atoms with Crippen molar-refractivity contribution in [3.05, 3.63) is 36.1 Å². The van der Waals surface area contributed by atoms with E-state index in [-0.39, 0.29) is 6.04 Å². The standard InChI is InChI=1S/C17H24N2O/c1-2-3-10-19(14-8-9-14)15(12-18)17-11-13-6-4-5-7-16(13)20-17/h4-7,11,14-15H,2-3,8-10,12,18H2,1H3. The maximum absolute atomic E-state index is 6.06. The Kier molecular flexibility index (Phi) is 4.08. The Bertz CT molecular complexity index is 526. The number of furan rings is 1. The van der Waals surface area contributed by atoms with Crippen LogP contribution >= 0.6 is 0 Å². The molecule has 1 aliphatic rings. The maximum Gasteiger partial charge on any atom is 0.134 e. The second-order valence-corrected chi connectivity index (χ2v) is 5.76. The van der Waals surface area contributed by atoms with E-state index in [0.717, 1.165) is 17.9 Å². The first-order valence-electron chi connectivity index (χ1n) is 7.77. The van der Waals surface area contributed by atoms with Crippen LogP contribution in [-0.4, -0.2) is 24.0 Å². The van der Waals surface area contributed by atoms with E-state index in [0.29, 0.717) is 12.6 Å². The van der Waals surface area contributed by atoms with Crippen molar-refractivity contribution in [2.45, 2.75) is 44.7 Å². The van der Waals surface area contributed by atoms with Crippen molar-refractivity contribution < 1.29 is 4.42 Å². The van der Waals surface area contributed by atoms with Gasteiger partial charge in [0.25, 0.3) is 0 Å². The Hall–Kier alpha value is -1.32. The zero-order valence-corrected chi connectivity index (χ0v) is 12.2. The molecule has 1 saturated carbocycles. The van der Waals surface area contributed by atoms with E-state index in [1.54, 1.807) is 0 Å². The highest BCUT2D eigenvalue weighted by Crippen LogP contribution is 2.36. The first kappa shape index (κ1) is 13.7. The molecular weight excluding hydrogens is 248 g/mol. The average molecular weight is 272 g/mol. The molecule has 0 radical (unpaired) electrons. The Morgan fingerprint density at radius 3 is 2.80 bits per heavy atom. The molecule has 3 heteroatoms. The van der Waals surface area contributed by atoms with Crippen molar-refractivity contribution in [2.24, 2.45) is 5.73 Å². The summed E-state index contributed by atoms with van der Waals surface area (Å²) >= 11 is 0. The lowest BCUT2D eigenvalue weighted by atomic mass is 10.1. The highest BCUT2D eigenvalue weighted by atomic mass is 16.3. The summed E-state index contributed by atoms with van der Waals surface area (Å²) in [6.45, 7) is 3.99. The van der Waals surface area contributed by atoms with Gasteiger partial charge in [-0.05, 0) is 37.9 Å². The van der Waals surface area contributed by atoms with Crippen molar-refractivity contribution in [3.63, 3.8) is 0 Å². The van der Waals surface area contributed by atoms with Crippen molar-refractivity contribution in [2.75, 3.05) is 13.1 Å². The van der Waals surface area contributed by atoms with Gasteiger partial charge in [-0.2, -0.15) is 0 Å². The third-order valence-electron chi connectivity index (χ3n) is 4.18. The molecule has 0 spiro atoms. The molecule has 2 N–H and O–H groups in total. The molecule has 0 bridgehead atoms. The topological polar surface area (TPSA) is 42.4 Å². The summed E-state index contributed by atoms with van der Waals surface area (Å²) < 4.78 is 6.04. The zero-order chi connectivity index (χ0) is 13.9. The molecule has 3 nitrogen and oxygen atoms in total. The number of hydrogen-bond acceptors (Lipinski definition) is 3. The van der Waals surface area contributed by atoms with Crippen LogP contribution in [0.5, 0.6) is 0 Å². The van der Waals surface area contributed by atoms with Crippen molar-refractivity contribution in [1.29, 1.82) is 0 Å². The van der Waals surface area contributed by atoms with Gasteiger partial charge in [0.05, 0.1) is 6.04 Å². The van der Waals surface area contributed by atoms with E-state index in [4.69, 9.17) is 10.2 Å². The highest BCUT2D eigenvalue weighted by Gasteiger charge is 2.34. The van der Waals surface area contributed by atoms with E-state index < -0.39 is 0 Å². The molecular formula is C17H24N2O. The molecule has 108 valence electrons. The van der Waals surface area contributed by atoms with Crippen LogP contribution in [0.4, 0.5) is 0 Å². The van der Waals surface area contributed by atoms with Gasteiger partial charge in [-0.1, -0.05) is 31.5 Å². The molecule has 1 heterocycles. The predicted molar refractivity (Wildman–Crippen MR) is 82.6 cm³/mol. The van der Waals surface area contributed by atoms with Gasteiger partial charge in [-0.3, -0.25) is 4.90 Å². The predicted octanol–water partition coefficient (Wildman–Crippen LogP) is 3.70. The fraction of sp³-hybridized carbons (Fsp3) is 0.529. The molecule has 1 aliphatic carbocycles. The van der Waals surface area contributed by atoms with Crippen LogP contribution in [0, 0.1) is 0 Å². The average Bonchev–Trinajstić information content (AvgIpc) is 3.22. The number of para-hydroxylation sites is 1. The molecule has 1 fully saturated rings. The quantitative estimate of drug-likeness (QED) is 0.835. The van der Waals surface area contributed by atoms with Gasteiger partial charge in [-0.25, -0.2) is 0 Å². The molecule has 0 saturated heterocycles. The van der Waals surface area contributed by atoms with Crippen molar-refractivity contribution in [3.8, 4) is 0 Å². The molecule has 1 unspecified atom stereocenters. The van der Waals surface area contributed by atoms with E-state index >= 15 is 0 Å². The molecule has 20 heavy (non-hydrogen) atoms. The Balaban J connectivity index is 1.86. The summed E-state index contributed by atoms with van der Waals surface area (Å²) in [5, 5.41) is 1.17. The molecule has 1 atom stereocenters. The van der Waals surface area contributed by atoms with E-state index in [2.05, 4.69) is 30.0 Å². The molecule has 2 aromatic rings. The fourth-order valence-corrected chi connectivity index (χ4v) is 2.92. The summed E-state index contributed by atoms with van der Waals surface area (Å²) in [6, 6.07) is 11.3. The molecule has 1 aromatic carbocycles. The van der Waals surface area contributed by atoms with Gasteiger partial charge in [-0.15, -0.1) is 0 Å². The van der Waals surface area contributed by atoms with E-state index in [1.807, 2.05) is 12.1 Å². The minimum atomic E-state index is 0.224. The van der Waals surface area contributed by atoms with Gasteiger partial charge in [0, 0.05) is 18.0 Å². The minimum Gasteiger partial charge on any atom is -0.459 e. The summed E-state index contributed by atoms with van der Waals surface area (Å²) in [5.74, 6) is 1.02. The Morgan fingerprint density at radius 1 is 1.35 bits per heavy atom. The largest absolute Gasteiger partial charge is 0.459 e. The summed E-state index contributed by atoms with van der Waals surface area (Å²) in [4.78, 5) is 2.56. The SMILES string of the molecule is CCCCN(C1CC1)C(CN)c1cc2ccccc2o1. The van der Waals surface area contributed by atoms with Crippen molar-refractivity contribution in [1.82, 2.24) is 4.90 Å². The minimum absolute atomic E-state index is 0.224. The number of hydrogen-bond donors (Lipinski definition) is 1. The number of nitrogens with two attached hydrogens (primary N) is 1. The monoisotopic (exact) mass is 272 g/mol. The highest BCUT2D eigenvalue weighted by molar-refractivity contribution is 5.77. The van der Waals surface area contributed by atoms with Crippen molar-refractivity contribution >= 4 is 11.0 Å². The Labute approximate surface area is 120 Å². The number of rotatable bonds is 7. The number of nitrogens with zero attached hydrogens (tertiary/aromatic N) is 1. The lowest BCUT2D eigenvalue weighted by Gasteiger charge is -2.29. The third-order valence-corrected chi connectivity index (χ3v) is 4.18. The third kappa shape index (κ3) is 2.74. The lowest BCUT2D eigenvalue weighted by Crippen LogP contribution is -2.36. The van der Waals surface area contributed by atoms with Crippen LogP contribution in [-0.2, 0) is 0 Å². The van der Waals surface area contributed by atoms with Crippen LogP contribution in [0.2, 0.25) is 0 Å². The lowest BCUT2D eigenvalue weighted by molar-refractivity contribution is 0.169. The number of fused-ring (bicyclic) bond motifs is 1.